The number of hydrogen-bond donors (Lipinski definition) is 2. The fourth-order valence-electron chi connectivity index (χ4n) is 2.98. The zero-order chi connectivity index (χ0) is 17.8. The largest absolute Gasteiger partial charge is 0.393 e. The molecule has 1 aliphatic rings. The average Bonchev–Trinajstić information content (AvgIpc) is 2.60. The predicted octanol–water partition coefficient (Wildman–Crippen LogP) is 5.21. The van der Waals surface area contributed by atoms with E-state index in [0.29, 0.717) is 10.0 Å². The quantitative estimate of drug-likeness (QED) is 0.725. The molecule has 0 bridgehead atoms. The van der Waals surface area contributed by atoms with Crippen molar-refractivity contribution in [2.24, 2.45) is 5.92 Å². The predicted molar refractivity (Wildman–Crippen MR) is 104 cm³/mol. The Hall–Kier alpha value is -1.01. The van der Waals surface area contributed by atoms with E-state index in [4.69, 9.17) is 23.2 Å². The maximum Gasteiger partial charge on any atom is 0.144 e. The van der Waals surface area contributed by atoms with E-state index < -0.39 is 0 Å². The van der Waals surface area contributed by atoms with E-state index in [-0.39, 0.29) is 12.0 Å². The van der Waals surface area contributed by atoms with Gasteiger partial charge in [-0.05, 0) is 31.9 Å². The number of aliphatic hydroxyl groups excluding tert-OH is 1. The second kappa shape index (κ2) is 8.58. The van der Waals surface area contributed by atoms with Crippen LogP contribution in [0.5, 0.6) is 0 Å². The first-order valence-corrected chi connectivity index (χ1v) is 9.99. The molecule has 0 aliphatic heterocycles. The van der Waals surface area contributed by atoms with Crippen molar-refractivity contribution in [1.29, 1.82) is 0 Å². The van der Waals surface area contributed by atoms with Crippen molar-refractivity contribution >= 4 is 40.8 Å². The maximum atomic E-state index is 10.1. The maximum absolute atomic E-state index is 10.1. The van der Waals surface area contributed by atoms with Crippen molar-refractivity contribution < 1.29 is 5.11 Å². The van der Waals surface area contributed by atoms with Gasteiger partial charge >= 0.3 is 0 Å². The van der Waals surface area contributed by atoms with Crippen LogP contribution in [-0.4, -0.2) is 27.7 Å². The van der Waals surface area contributed by atoms with Crippen LogP contribution < -0.4 is 5.32 Å². The van der Waals surface area contributed by atoms with Crippen LogP contribution in [0.2, 0.25) is 10.0 Å². The van der Waals surface area contributed by atoms with Crippen LogP contribution in [0.4, 0.5) is 5.82 Å². The fourth-order valence-corrected chi connectivity index (χ4v) is 4.31. The number of hydrogen-bond acceptors (Lipinski definition) is 5. The van der Waals surface area contributed by atoms with Gasteiger partial charge in [0, 0.05) is 17.4 Å². The molecular weight excluding hydrogens is 377 g/mol. The second-order valence-corrected chi connectivity index (χ2v) is 8.11. The summed E-state index contributed by atoms with van der Waals surface area (Å²) in [7, 11) is 0. The van der Waals surface area contributed by atoms with Crippen molar-refractivity contribution in [3.63, 3.8) is 0 Å². The third kappa shape index (κ3) is 4.79. The molecule has 0 spiro atoms. The Morgan fingerprint density at radius 3 is 2.84 bits per heavy atom. The van der Waals surface area contributed by atoms with Gasteiger partial charge in [-0.25, -0.2) is 9.97 Å². The van der Waals surface area contributed by atoms with E-state index in [1.54, 1.807) is 12.3 Å². The summed E-state index contributed by atoms with van der Waals surface area (Å²) in [5.41, 5.74) is 0.829. The summed E-state index contributed by atoms with van der Waals surface area (Å²) in [6.45, 7) is 2.65. The van der Waals surface area contributed by atoms with Gasteiger partial charge in [0.1, 0.15) is 10.8 Å². The molecule has 0 radical (unpaired) electrons. The standard InChI is InChI=1S/C18H21Cl2N3OS/c1-11-18(25-15-8-4-6-13(19)17(15)20)22-10-16(23-11)21-9-12-5-2-3-7-14(12)24/h4,6,8,10,12,14,24H,2-3,5,7,9H2,1H3,(H,21,23)/t12-,14-/m0/s1. The molecule has 1 heterocycles. The van der Waals surface area contributed by atoms with Gasteiger partial charge in [-0.2, -0.15) is 0 Å². The van der Waals surface area contributed by atoms with Crippen LogP contribution in [0.1, 0.15) is 31.4 Å². The van der Waals surface area contributed by atoms with Crippen LogP contribution >= 0.6 is 35.0 Å². The van der Waals surface area contributed by atoms with Crippen LogP contribution in [0.15, 0.2) is 34.3 Å². The molecule has 134 valence electrons. The zero-order valence-corrected chi connectivity index (χ0v) is 16.3. The molecule has 7 heteroatoms. The summed E-state index contributed by atoms with van der Waals surface area (Å²) in [4.78, 5) is 9.94. The molecule has 3 rings (SSSR count). The summed E-state index contributed by atoms with van der Waals surface area (Å²) in [6.07, 6.45) is 5.77. The van der Waals surface area contributed by atoms with Crippen molar-refractivity contribution in [1.82, 2.24) is 9.97 Å². The SMILES string of the molecule is Cc1nc(NC[C@@H]2CCCC[C@@H]2O)cnc1Sc1cccc(Cl)c1Cl. The zero-order valence-electron chi connectivity index (χ0n) is 14.0. The number of anilines is 1. The molecule has 2 atom stereocenters. The molecule has 4 nitrogen and oxygen atoms in total. The van der Waals surface area contributed by atoms with E-state index in [2.05, 4.69) is 15.3 Å². The molecule has 2 N–H and O–H groups in total. The second-order valence-electron chi connectivity index (χ2n) is 6.29. The number of rotatable bonds is 5. The lowest BCUT2D eigenvalue weighted by Gasteiger charge is -2.27. The lowest BCUT2D eigenvalue weighted by atomic mass is 9.86. The first kappa shape index (κ1) is 18.8. The minimum Gasteiger partial charge on any atom is -0.393 e. The van der Waals surface area contributed by atoms with E-state index in [1.807, 2.05) is 19.1 Å². The van der Waals surface area contributed by atoms with Crippen molar-refractivity contribution in [2.45, 2.75) is 48.6 Å². The van der Waals surface area contributed by atoms with Crippen molar-refractivity contribution in [3.05, 3.63) is 40.1 Å². The molecule has 2 aromatic rings. The highest BCUT2D eigenvalue weighted by atomic mass is 35.5. The molecule has 1 saturated carbocycles. The lowest BCUT2D eigenvalue weighted by Crippen LogP contribution is -2.30. The Bertz CT molecular complexity index is 744. The highest BCUT2D eigenvalue weighted by Crippen LogP contribution is 2.37. The molecule has 1 aromatic heterocycles. The van der Waals surface area contributed by atoms with Crippen molar-refractivity contribution in [2.75, 3.05) is 11.9 Å². The van der Waals surface area contributed by atoms with Gasteiger partial charge in [0.25, 0.3) is 0 Å². The van der Waals surface area contributed by atoms with E-state index in [1.165, 1.54) is 18.2 Å². The highest BCUT2D eigenvalue weighted by molar-refractivity contribution is 7.99. The number of halogens is 2. The molecule has 0 saturated heterocycles. The minimum absolute atomic E-state index is 0.213. The van der Waals surface area contributed by atoms with Gasteiger partial charge in [0.15, 0.2) is 0 Å². The van der Waals surface area contributed by atoms with Gasteiger partial charge in [0.05, 0.1) is 28.0 Å². The topological polar surface area (TPSA) is 58.0 Å². The summed E-state index contributed by atoms with van der Waals surface area (Å²) in [5.74, 6) is 1.02. The third-order valence-electron chi connectivity index (χ3n) is 4.44. The monoisotopic (exact) mass is 397 g/mol. The van der Waals surface area contributed by atoms with Gasteiger partial charge in [0.2, 0.25) is 0 Å². The van der Waals surface area contributed by atoms with Gasteiger partial charge in [-0.3, -0.25) is 0 Å². The third-order valence-corrected chi connectivity index (χ3v) is 6.52. The van der Waals surface area contributed by atoms with E-state index >= 15 is 0 Å². The van der Waals surface area contributed by atoms with Gasteiger partial charge in [-0.15, -0.1) is 0 Å². The Labute approximate surface area is 162 Å². The normalized spacial score (nSPS) is 20.5. The average molecular weight is 398 g/mol. The molecular formula is C18H21Cl2N3OS. The number of aromatic nitrogens is 2. The first-order chi connectivity index (χ1) is 12.0. The van der Waals surface area contributed by atoms with Crippen LogP contribution in [0.25, 0.3) is 0 Å². The number of benzene rings is 1. The molecule has 0 amide bonds. The summed E-state index contributed by atoms with van der Waals surface area (Å²) < 4.78 is 0. The molecule has 25 heavy (non-hydrogen) atoms. The van der Waals surface area contributed by atoms with E-state index in [0.717, 1.165) is 47.2 Å². The lowest BCUT2D eigenvalue weighted by molar-refractivity contribution is 0.0763. The van der Waals surface area contributed by atoms with Crippen LogP contribution in [0.3, 0.4) is 0 Å². The summed E-state index contributed by atoms with van der Waals surface area (Å²) in [6, 6.07) is 5.54. The molecule has 1 fully saturated rings. The number of aliphatic hydroxyl groups is 1. The fraction of sp³-hybridized carbons (Fsp3) is 0.444. The molecule has 1 aliphatic carbocycles. The smallest absolute Gasteiger partial charge is 0.144 e. The number of aryl methyl sites for hydroxylation is 1. The first-order valence-electron chi connectivity index (χ1n) is 8.42. The molecule has 0 unspecified atom stereocenters. The summed E-state index contributed by atoms with van der Waals surface area (Å²) in [5, 5.41) is 15.2. The van der Waals surface area contributed by atoms with Crippen LogP contribution in [0, 0.1) is 12.8 Å². The highest BCUT2D eigenvalue weighted by Gasteiger charge is 2.22. The van der Waals surface area contributed by atoms with Crippen LogP contribution in [-0.2, 0) is 0 Å². The van der Waals surface area contributed by atoms with Gasteiger partial charge in [-0.1, -0.05) is 53.9 Å². The van der Waals surface area contributed by atoms with Gasteiger partial charge < -0.3 is 10.4 Å². The number of nitrogens with one attached hydrogen (secondary N) is 1. The Kier molecular flexibility index (Phi) is 6.44. The van der Waals surface area contributed by atoms with E-state index in [9.17, 15) is 5.11 Å². The number of nitrogens with zero attached hydrogens (tertiary/aromatic N) is 2. The minimum atomic E-state index is -0.213. The Balaban J connectivity index is 1.65. The molecule has 1 aromatic carbocycles. The van der Waals surface area contributed by atoms with Crippen molar-refractivity contribution in [3.8, 4) is 0 Å². The Morgan fingerprint density at radius 1 is 1.28 bits per heavy atom. The Morgan fingerprint density at radius 2 is 2.08 bits per heavy atom. The summed E-state index contributed by atoms with van der Waals surface area (Å²) >= 11 is 13.8.